The number of aromatic hydroxyl groups is 1. The minimum atomic E-state index is -0.0442. The van der Waals surface area contributed by atoms with Crippen LogP contribution in [0.15, 0.2) is 158 Å². The zero-order valence-corrected chi connectivity index (χ0v) is 36.3. The van der Waals surface area contributed by atoms with Crippen LogP contribution in [0.3, 0.4) is 0 Å². The van der Waals surface area contributed by atoms with Crippen molar-refractivity contribution in [2.75, 3.05) is 0 Å². The summed E-state index contributed by atoms with van der Waals surface area (Å²) in [5, 5.41) is 13.3. The van der Waals surface area contributed by atoms with E-state index in [0.717, 1.165) is 72.4 Å². The topological polar surface area (TPSA) is 63.8 Å². The number of hydrogen-bond acceptors (Lipinski definition) is 4. The normalized spacial score (nSPS) is 11.8. The van der Waals surface area contributed by atoms with E-state index in [-0.39, 0.29) is 37.6 Å². The molecule has 0 fully saturated rings. The van der Waals surface area contributed by atoms with E-state index in [4.69, 9.17) is 15.0 Å². The zero-order chi connectivity index (χ0) is 40.2. The number of fused-ring (bicyclic) bond motifs is 3. The molecular formula is C53H45N4OPt-. The first-order chi connectivity index (χ1) is 27.9. The minimum Gasteiger partial charge on any atom is -0.507 e. The van der Waals surface area contributed by atoms with Gasteiger partial charge in [-0.05, 0) is 98.8 Å². The van der Waals surface area contributed by atoms with E-state index in [1.54, 1.807) is 6.07 Å². The van der Waals surface area contributed by atoms with Crippen LogP contribution in [-0.2, 0) is 31.9 Å². The number of phenolic OH excluding ortho intramolecular Hbond substituents is 1. The molecule has 0 amide bonds. The van der Waals surface area contributed by atoms with Gasteiger partial charge in [-0.3, -0.25) is 14.5 Å². The molecule has 0 atom stereocenters. The van der Waals surface area contributed by atoms with Crippen LogP contribution in [0.4, 0.5) is 0 Å². The van der Waals surface area contributed by atoms with Crippen LogP contribution in [-0.4, -0.2) is 24.6 Å². The first kappa shape index (κ1) is 39.7. The number of nitrogens with zero attached hydrogens (tertiary/aromatic N) is 4. The number of rotatable bonds is 6. The van der Waals surface area contributed by atoms with Gasteiger partial charge in [0.2, 0.25) is 0 Å². The van der Waals surface area contributed by atoms with Gasteiger partial charge in [-0.15, -0.1) is 24.3 Å². The molecule has 9 aromatic rings. The Morgan fingerprint density at radius 2 is 1.15 bits per heavy atom. The second kappa shape index (κ2) is 15.5. The summed E-state index contributed by atoms with van der Waals surface area (Å²) in [5.74, 6) is 0.188. The molecule has 4 aromatic heterocycles. The van der Waals surface area contributed by atoms with Crippen LogP contribution >= 0.6 is 0 Å². The largest absolute Gasteiger partial charge is 0.507 e. The van der Waals surface area contributed by atoms with Crippen LogP contribution in [0.2, 0.25) is 0 Å². The van der Waals surface area contributed by atoms with Gasteiger partial charge < -0.3 is 5.11 Å². The van der Waals surface area contributed by atoms with Gasteiger partial charge in [0, 0.05) is 66.9 Å². The van der Waals surface area contributed by atoms with Crippen molar-refractivity contribution in [3.63, 3.8) is 0 Å². The van der Waals surface area contributed by atoms with Crippen molar-refractivity contribution < 1.29 is 26.2 Å². The average Bonchev–Trinajstić information content (AvgIpc) is 3.58. The molecule has 0 saturated carbocycles. The molecule has 0 unspecified atom stereocenters. The number of benzene rings is 5. The molecule has 1 N–H and O–H groups in total. The van der Waals surface area contributed by atoms with Gasteiger partial charge in [0.25, 0.3) is 0 Å². The maximum Gasteiger partial charge on any atom is 0.145 e. The van der Waals surface area contributed by atoms with E-state index in [9.17, 15) is 5.11 Å². The molecule has 4 heterocycles. The Morgan fingerprint density at radius 1 is 0.525 bits per heavy atom. The van der Waals surface area contributed by atoms with E-state index in [0.29, 0.717) is 11.3 Å². The summed E-state index contributed by atoms with van der Waals surface area (Å²) in [4.78, 5) is 14.9. The Bertz CT molecular complexity index is 2960. The summed E-state index contributed by atoms with van der Waals surface area (Å²) in [7, 11) is 0. The second-order valence-electron chi connectivity index (χ2n) is 17.1. The van der Waals surface area contributed by atoms with Gasteiger partial charge in [-0.2, -0.15) is 0 Å². The standard InChI is InChI=1S/C53H45N4O.Pt/c1-52(2,3)39-28-37(29-40(33-39)53(4,5)6)38-31-46(56-47(32-38)43-19-10-11-23-49(43)58)36-16-12-15-35(27-36)45-30-34(24-26-54-45)42-20-13-22-48-50(42)44-21-14-25-55-51(44)57(48)41-17-8-7-9-18-41;/h7-26,28-33,58H,1-6H3;/q-1;. The minimum absolute atomic E-state index is 0. The molecule has 0 spiro atoms. The molecule has 5 nitrogen and oxygen atoms in total. The van der Waals surface area contributed by atoms with E-state index in [2.05, 4.69) is 149 Å². The molecule has 0 radical (unpaired) electrons. The number of para-hydroxylation sites is 2. The Kier molecular flexibility index (Phi) is 10.4. The fourth-order valence-corrected chi connectivity index (χ4v) is 7.81. The second-order valence-corrected chi connectivity index (χ2v) is 17.1. The monoisotopic (exact) mass is 948 g/mol. The number of pyridine rings is 3. The summed E-state index contributed by atoms with van der Waals surface area (Å²) in [6.45, 7) is 13.5. The van der Waals surface area contributed by atoms with Gasteiger partial charge in [-0.1, -0.05) is 125 Å². The van der Waals surface area contributed by atoms with Gasteiger partial charge in [0.1, 0.15) is 11.4 Å². The number of aromatic nitrogens is 4. The third-order valence-corrected chi connectivity index (χ3v) is 11.0. The van der Waals surface area contributed by atoms with Gasteiger partial charge in [0.05, 0.1) is 11.2 Å². The van der Waals surface area contributed by atoms with Crippen LogP contribution < -0.4 is 0 Å². The fourth-order valence-electron chi connectivity index (χ4n) is 7.81. The molecule has 0 aliphatic heterocycles. The Hall–Kier alpha value is -6.16. The van der Waals surface area contributed by atoms with Gasteiger partial charge in [0.15, 0.2) is 0 Å². The number of hydrogen-bond donors (Lipinski definition) is 1. The summed E-state index contributed by atoms with van der Waals surface area (Å²) < 4.78 is 2.24. The predicted molar refractivity (Wildman–Crippen MR) is 239 cm³/mol. The summed E-state index contributed by atoms with van der Waals surface area (Å²) in [6, 6.07) is 53.6. The Labute approximate surface area is 360 Å². The smallest absolute Gasteiger partial charge is 0.145 e. The van der Waals surface area contributed by atoms with Crippen molar-refractivity contribution in [3.05, 3.63) is 175 Å². The Morgan fingerprint density at radius 3 is 1.88 bits per heavy atom. The molecule has 0 saturated heterocycles. The maximum atomic E-state index is 11.0. The van der Waals surface area contributed by atoms with Crippen LogP contribution in [0.5, 0.6) is 5.75 Å². The average molecular weight is 949 g/mol. The number of phenols is 1. The van der Waals surface area contributed by atoms with Crippen molar-refractivity contribution in [2.45, 2.75) is 52.4 Å². The fraction of sp³-hybridized carbons (Fsp3) is 0.151. The van der Waals surface area contributed by atoms with Crippen molar-refractivity contribution in [1.29, 1.82) is 0 Å². The maximum absolute atomic E-state index is 11.0. The molecule has 9 rings (SSSR count). The Balaban J connectivity index is 0.00000484. The third-order valence-electron chi connectivity index (χ3n) is 11.0. The molecule has 0 aliphatic carbocycles. The van der Waals surface area contributed by atoms with Crippen molar-refractivity contribution in [2.24, 2.45) is 0 Å². The predicted octanol–water partition coefficient (Wildman–Crippen LogP) is 13.4. The SMILES string of the molecule is CC(C)(C)c1cc(-c2cc(-c3[c-]c(-c4cc(-c5cccc6c5c5cccnc5n6-c5ccccc5)ccn4)ccc3)nc(-c3ccccc3O)c2)cc(C(C)(C)C)c1.[Pt]. The molecule has 6 heteroatoms. The van der Waals surface area contributed by atoms with Gasteiger partial charge in [-0.25, -0.2) is 4.98 Å². The first-order valence-corrected chi connectivity index (χ1v) is 19.8. The molecule has 0 bridgehead atoms. The van der Waals surface area contributed by atoms with E-state index in [1.165, 1.54) is 11.1 Å². The first-order valence-electron chi connectivity index (χ1n) is 19.8. The van der Waals surface area contributed by atoms with Crippen molar-refractivity contribution in [3.8, 4) is 67.5 Å². The van der Waals surface area contributed by atoms with Crippen molar-refractivity contribution in [1.82, 2.24) is 19.5 Å². The van der Waals surface area contributed by atoms with E-state index in [1.807, 2.05) is 54.9 Å². The molecular weight excluding hydrogens is 904 g/mol. The van der Waals surface area contributed by atoms with E-state index >= 15 is 0 Å². The van der Waals surface area contributed by atoms with Gasteiger partial charge >= 0.3 is 0 Å². The summed E-state index contributed by atoms with van der Waals surface area (Å²) >= 11 is 0. The molecule has 294 valence electrons. The van der Waals surface area contributed by atoms with Crippen molar-refractivity contribution >= 4 is 21.9 Å². The molecule has 59 heavy (non-hydrogen) atoms. The molecule has 0 aliphatic rings. The van der Waals surface area contributed by atoms with Crippen LogP contribution in [0.25, 0.3) is 83.6 Å². The summed E-state index contributed by atoms with van der Waals surface area (Å²) in [5.41, 5.74) is 14.5. The summed E-state index contributed by atoms with van der Waals surface area (Å²) in [6.07, 6.45) is 3.73. The quantitative estimate of drug-likeness (QED) is 0.169. The van der Waals surface area contributed by atoms with E-state index < -0.39 is 0 Å². The zero-order valence-electron chi connectivity index (χ0n) is 34.1. The third kappa shape index (κ3) is 7.64. The van der Waals surface area contributed by atoms with Crippen LogP contribution in [0.1, 0.15) is 52.7 Å². The van der Waals surface area contributed by atoms with Crippen LogP contribution in [0, 0.1) is 6.07 Å². The molecule has 5 aromatic carbocycles.